The zero-order valence-electron chi connectivity index (χ0n) is 18.5. The van der Waals surface area contributed by atoms with Crippen LogP contribution in [0.15, 0.2) is 23.3 Å². The molecule has 30 heavy (non-hydrogen) atoms. The summed E-state index contributed by atoms with van der Waals surface area (Å²) in [7, 11) is 3.46. The second-order valence-electron chi connectivity index (χ2n) is 7.87. The van der Waals surface area contributed by atoms with Crippen LogP contribution in [-0.2, 0) is 22.5 Å². The van der Waals surface area contributed by atoms with Crippen LogP contribution in [0.5, 0.6) is 0 Å². The Balaban J connectivity index is 2.33. The predicted octanol–water partition coefficient (Wildman–Crippen LogP) is 3.86. The monoisotopic (exact) mass is 412 g/mol. The van der Waals surface area contributed by atoms with Crippen LogP contribution in [0.1, 0.15) is 41.8 Å². The topological polar surface area (TPSA) is 62.7 Å². The van der Waals surface area contributed by atoms with Gasteiger partial charge < -0.3 is 14.7 Å². The number of hydrogen-bond donors (Lipinski definition) is 1. The predicted molar refractivity (Wildman–Crippen MR) is 117 cm³/mol. The van der Waals surface area contributed by atoms with Gasteiger partial charge in [0.2, 0.25) is 0 Å². The van der Waals surface area contributed by atoms with Gasteiger partial charge >= 0.3 is 0 Å². The highest BCUT2D eigenvalue weighted by molar-refractivity contribution is 5.91. The van der Waals surface area contributed by atoms with Crippen LogP contribution in [0.4, 0.5) is 4.39 Å². The maximum absolute atomic E-state index is 14.5. The molecule has 5 nitrogen and oxygen atoms in total. The second-order valence-corrected chi connectivity index (χ2v) is 7.87. The van der Waals surface area contributed by atoms with Crippen LogP contribution in [0.25, 0.3) is 16.6 Å². The van der Waals surface area contributed by atoms with Gasteiger partial charge in [0.15, 0.2) is 0 Å². The van der Waals surface area contributed by atoms with Crippen LogP contribution >= 0.6 is 0 Å². The molecular weight excluding hydrogens is 383 g/mol. The average Bonchev–Trinajstić information content (AvgIpc) is 3.01. The van der Waals surface area contributed by atoms with E-state index in [9.17, 15) is 14.3 Å². The molecule has 160 valence electrons. The summed E-state index contributed by atoms with van der Waals surface area (Å²) in [5, 5.41) is 11.3. The fourth-order valence-corrected chi connectivity index (χ4v) is 4.23. The van der Waals surface area contributed by atoms with Crippen LogP contribution in [0, 0.1) is 19.7 Å². The van der Waals surface area contributed by atoms with Crippen molar-refractivity contribution in [1.29, 1.82) is 0 Å². The van der Waals surface area contributed by atoms with Crippen LogP contribution in [0.2, 0.25) is 0 Å². The number of hydrogen-bond acceptors (Lipinski definition) is 5. The fourth-order valence-electron chi connectivity index (χ4n) is 4.23. The van der Waals surface area contributed by atoms with Crippen molar-refractivity contribution in [2.24, 2.45) is 0 Å². The summed E-state index contributed by atoms with van der Waals surface area (Å²) in [6, 6.07) is 1.50. The highest BCUT2D eigenvalue weighted by Gasteiger charge is 2.28. The van der Waals surface area contributed by atoms with E-state index < -0.39 is 6.10 Å². The Kier molecular flexibility index (Phi) is 6.38. The summed E-state index contributed by atoms with van der Waals surface area (Å²) in [6.07, 6.45) is 2.47. The SMILES string of the molecule is CCc1c2c(nc3cc(F)c(C)c(C)c13)/C(=C/C(=C(\C=O)COC)C(C)O)N(C)C2. The third kappa shape index (κ3) is 3.66. The molecule has 3 rings (SSSR count). The summed E-state index contributed by atoms with van der Waals surface area (Å²) >= 11 is 0. The van der Waals surface area contributed by atoms with Crippen molar-refractivity contribution in [3.63, 3.8) is 0 Å². The molecule has 0 aliphatic carbocycles. The minimum atomic E-state index is -0.848. The van der Waals surface area contributed by atoms with E-state index in [0.29, 0.717) is 35.1 Å². The van der Waals surface area contributed by atoms with Crippen LogP contribution < -0.4 is 0 Å². The quantitative estimate of drug-likeness (QED) is 0.577. The van der Waals surface area contributed by atoms with Gasteiger partial charge in [-0.2, -0.15) is 0 Å². The first kappa shape index (κ1) is 22.1. The Morgan fingerprint density at radius 2 is 2.10 bits per heavy atom. The van der Waals surface area contributed by atoms with E-state index in [1.807, 2.05) is 18.9 Å². The molecule has 0 bridgehead atoms. The highest BCUT2D eigenvalue weighted by Crippen LogP contribution is 2.39. The molecule has 1 aromatic heterocycles. The molecule has 1 aliphatic rings. The first-order valence-corrected chi connectivity index (χ1v) is 10.1. The van der Waals surface area contributed by atoms with Gasteiger partial charge in [0.05, 0.1) is 29.6 Å². The number of carbonyl (C=O) groups is 1. The number of benzene rings is 1. The molecule has 6 heteroatoms. The molecule has 2 heterocycles. The first-order chi connectivity index (χ1) is 14.2. The third-order valence-electron chi connectivity index (χ3n) is 5.96. The summed E-state index contributed by atoms with van der Waals surface area (Å²) in [6.45, 7) is 8.23. The second kappa shape index (κ2) is 8.66. The number of methoxy groups -OCH3 is 1. The number of aliphatic hydroxyl groups is 1. The molecule has 0 saturated heterocycles. The Hall–Kier alpha value is -2.57. The van der Waals surface area contributed by atoms with E-state index in [2.05, 4.69) is 6.92 Å². The van der Waals surface area contributed by atoms with Crippen molar-refractivity contribution in [1.82, 2.24) is 9.88 Å². The van der Waals surface area contributed by atoms with Gasteiger partial charge in [-0.25, -0.2) is 9.37 Å². The van der Waals surface area contributed by atoms with Crippen molar-refractivity contribution >= 4 is 22.9 Å². The Morgan fingerprint density at radius 3 is 2.67 bits per heavy atom. The Morgan fingerprint density at radius 1 is 1.40 bits per heavy atom. The van der Waals surface area contributed by atoms with Gasteiger partial charge in [-0.15, -0.1) is 0 Å². The number of aryl methyl sites for hydroxylation is 2. The van der Waals surface area contributed by atoms with E-state index in [0.717, 1.165) is 34.3 Å². The average molecular weight is 413 g/mol. The lowest BCUT2D eigenvalue weighted by Gasteiger charge is -2.16. The van der Waals surface area contributed by atoms with E-state index in [1.165, 1.54) is 18.7 Å². The number of aldehydes is 1. The maximum atomic E-state index is 14.5. The number of aliphatic hydroxyl groups excluding tert-OH is 1. The number of ether oxygens (including phenoxy) is 1. The van der Waals surface area contributed by atoms with E-state index in [4.69, 9.17) is 9.72 Å². The third-order valence-corrected chi connectivity index (χ3v) is 5.96. The lowest BCUT2D eigenvalue weighted by atomic mass is 9.93. The molecular formula is C24H29FN2O3. The van der Waals surface area contributed by atoms with Gasteiger partial charge in [0.25, 0.3) is 0 Å². The molecule has 1 aromatic carbocycles. The summed E-state index contributed by atoms with van der Waals surface area (Å²) < 4.78 is 19.6. The number of halogens is 1. The zero-order chi connectivity index (χ0) is 22.2. The number of pyridine rings is 1. The number of fused-ring (bicyclic) bond motifs is 2. The molecule has 0 saturated carbocycles. The molecule has 1 N–H and O–H groups in total. The standard InChI is InChI=1S/C24H29FN2O3/c1-7-17-19-10-27(5)22(8-18(15(4)29)16(11-28)12-30-6)24(19)26-21-9-20(25)13(2)14(3)23(17)21/h8-9,11,15,29H,7,10,12H2,1-6H3/b18-16-,22-8-. The largest absolute Gasteiger partial charge is 0.389 e. The lowest BCUT2D eigenvalue weighted by Crippen LogP contribution is -2.14. The number of aromatic nitrogens is 1. The number of rotatable bonds is 6. The van der Waals surface area contributed by atoms with Crippen molar-refractivity contribution in [2.75, 3.05) is 20.8 Å². The summed E-state index contributed by atoms with van der Waals surface area (Å²) in [5.41, 5.74) is 6.92. The highest BCUT2D eigenvalue weighted by atomic mass is 19.1. The molecule has 0 amide bonds. The van der Waals surface area contributed by atoms with Gasteiger partial charge in [0, 0.05) is 43.3 Å². The zero-order valence-corrected chi connectivity index (χ0v) is 18.5. The van der Waals surface area contributed by atoms with Crippen molar-refractivity contribution < 1.29 is 19.0 Å². The molecule has 1 unspecified atom stereocenters. The molecule has 0 fully saturated rings. The van der Waals surface area contributed by atoms with Crippen LogP contribution in [0.3, 0.4) is 0 Å². The Bertz CT molecular complexity index is 1070. The van der Waals surface area contributed by atoms with Gasteiger partial charge in [-0.05, 0) is 55.5 Å². The Labute approximate surface area is 176 Å². The molecule has 0 spiro atoms. The molecule has 0 radical (unpaired) electrons. The van der Waals surface area contributed by atoms with E-state index in [-0.39, 0.29) is 12.4 Å². The van der Waals surface area contributed by atoms with E-state index >= 15 is 0 Å². The van der Waals surface area contributed by atoms with Crippen LogP contribution in [-0.4, -0.2) is 48.1 Å². The minimum absolute atomic E-state index is 0.110. The van der Waals surface area contributed by atoms with Gasteiger partial charge in [-0.3, -0.25) is 4.79 Å². The van der Waals surface area contributed by atoms with Gasteiger partial charge in [0.1, 0.15) is 12.1 Å². The fraction of sp³-hybridized carbons (Fsp3) is 0.417. The smallest absolute Gasteiger partial charge is 0.148 e. The number of nitrogens with zero attached hydrogens (tertiary/aromatic N) is 2. The molecule has 1 atom stereocenters. The van der Waals surface area contributed by atoms with E-state index in [1.54, 1.807) is 19.9 Å². The van der Waals surface area contributed by atoms with Crippen molar-refractivity contribution in [3.05, 3.63) is 57.1 Å². The molecule has 2 aromatic rings. The first-order valence-electron chi connectivity index (χ1n) is 10.1. The van der Waals surface area contributed by atoms with Gasteiger partial charge in [-0.1, -0.05) is 6.92 Å². The minimum Gasteiger partial charge on any atom is -0.389 e. The summed E-state index contributed by atoms with van der Waals surface area (Å²) in [5.74, 6) is -0.265. The number of carbonyl (C=O) groups excluding carboxylic acids is 1. The summed E-state index contributed by atoms with van der Waals surface area (Å²) in [4.78, 5) is 18.5. The lowest BCUT2D eigenvalue weighted by molar-refractivity contribution is -0.105. The van der Waals surface area contributed by atoms with Crippen molar-refractivity contribution in [2.45, 2.75) is 46.8 Å². The van der Waals surface area contributed by atoms with Crippen molar-refractivity contribution in [3.8, 4) is 0 Å². The normalized spacial score (nSPS) is 16.8. The maximum Gasteiger partial charge on any atom is 0.148 e. The molecule has 1 aliphatic heterocycles.